The molecule has 1 aromatic carbocycles. The molecule has 1 unspecified atom stereocenters. The minimum absolute atomic E-state index is 0.438. The van der Waals surface area contributed by atoms with Gasteiger partial charge in [-0.15, -0.1) is 0 Å². The fourth-order valence-corrected chi connectivity index (χ4v) is 3.42. The summed E-state index contributed by atoms with van der Waals surface area (Å²) in [7, 11) is 3.94. The smallest absolute Gasteiger partial charge is 0.226 e. The minimum Gasteiger partial charge on any atom is -0.352 e. The van der Waals surface area contributed by atoms with E-state index in [2.05, 4.69) is 37.6 Å². The highest BCUT2D eigenvalue weighted by atomic mass is 15.3. The first kappa shape index (κ1) is 14.9. The van der Waals surface area contributed by atoms with Gasteiger partial charge in [-0.1, -0.05) is 12.1 Å². The maximum absolute atomic E-state index is 4.71. The lowest BCUT2D eigenvalue weighted by Crippen LogP contribution is -2.33. The van der Waals surface area contributed by atoms with Crippen LogP contribution in [0.4, 0.5) is 11.8 Å². The zero-order chi connectivity index (χ0) is 16.5. The van der Waals surface area contributed by atoms with Crippen molar-refractivity contribution in [2.75, 3.05) is 30.4 Å². The Morgan fingerprint density at radius 2 is 2.04 bits per heavy atom. The first-order valence-electron chi connectivity index (χ1n) is 8.39. The van der Waals surface area contributed by atoms with Crippen molar-refractivity contribution < 1.29 is 0 Å². The highest BCUT2D eigenvalue weighted by molar-refractivity contribution is 5.74. The number of imidazole rings is 1. The van der Waals surface area contributed by atoms with E-state index < -0.39 is 0 Å². The quantitative estimate of drug-likeness (QED) is 0.739. The summed E-state index contributed by atoms with van der Waals surface area (Å²) in [5, 5.41) is 0. The van der Waals surface area contributed by atoms with Crippen LogP contribution in [0.1, 0.15) is 12.8 Å². The molecule has 0 amide bonds. The molecule has 124 valence electrons. The monoisotopic (exact) mass is 322 g/mol. The second kappa shape index (κ2) is 6.11. The van der Waals surface area contributed by atoms with Gasteiger partial charge in [0.05, 0.1) is 17.4 Å². The van der Waals surface area contributed by atoms with Crippen LogP contribution in [0.3, 0.4) is 0 Å². The lowest BCUT2D eigenvalue weighted by Gasteiger charge is -2.27. The molecule has 6 nitrogen and oxygen atoms in total. The Morgan fingerprint density at radius 3 is 2.92 bits per heavy atom. The molecule has 0 aliphatic carbocycles. The van der Waals surface area contributed by atoms with Crippen LogP contribution < -0.4 is 9.80 Å². The number of benzene rings is 1. The number of hydrogen-bond donors (Lipinski definition) is 0. The number of anilines is 2. The highest BCUT2D eigenvalue weighted by Crippen LogP contribution is 2.26. The van der Waals surface area contributed by atoms with E-state index in [-0.39, 0.29) is 0 Å². The Morgan fingerprint density at radius 1 is 1.17 bits per heavy atom. The summed E-state index contributed by atoms with van der Waals surface area (Å²) >= 11 is 0. The third-order valence-corrected chi connectivity index (χ3v) is 4.63. The Kier molecular flexibility index (Phi) is 3.80. The standard InChI is InChI=1S/C18H22N6/c1-22(2)18-19-10-9-17(21-18)24-11-5-6-14(24)12-23-13-20-15-7-3-4-8-16(15)23/h3-4,7-10,13-14H,5-6,11-12H2,1-2H3. The highest BCUT2D eigenvalue weighted by Gasteiger charge is 2.26. The summed E-state index contributed by atoms with van der Waals surface area (Å²) in [5.41, 5.74) is 2.25. The van der Waals surface area contributed by atoms with Crippen LogP contribution >= 0.6 is 0 Å². The molecule has 1 atom stereocenters. The number of nitrogens with zero attached hydrogens (tertiary/aromatic N) is 6. The molecule has 1 aliphatic heterocycles. The van der Waals surface area contributed by atoms with Crippen LogP contribution in [0.2, 0.25) is 0 Å². The van der Waals surface area contributed by atoms with Gasteiger partial charge in [-0.25, -0.2) is 9.97 Å². The normalized spacial score (nSPS) is 17.6. The summed E-state index contributed by atoms with van der Waals surface area (Å²) in [6.45, 7) is 1.98. The van der Waals surface area contributed by atoms with Gasteiger partial charge in [0.1, 0.15) is 5.82 Å². The van der Waals surface area contributed by atoms with E-state index in [0.29, 0.717) is 6.04 Å². The molecule has 1 fully saturated rings. The zero-order valence-electron chi connectivity index (χ0n) is 14.1. The van der Waals surface area contributed by atoms with Gasteiger partial charge in [-0.3, -0.25) is 0 Å². The Balaban J connectivity index is 1.60. The van der Waals surface area contributed by atoms with Gasteiger partial charge >= 0.3 is 0 Å². The zero-order valence-corrected chi connectivity index (χ0v) is 14.1. The molecule has 0 bridgehead atoms. The molecule has 0 radical (unpaired) electrons. The molecule has 6 heteroatoms. The van der Waals surface area contributed by atoms with Gasteiger partial charge in [0, 0.05) is 39.4 Å². The second-order valence-corrected chi connectivity index (χ2v) is 6.48. The molecule has 0 N–H and O–H groups in total. The fraction of sp³-hybridized carbons (Fsp3) is 0.389. The maximum atomic E-state index is 4.71. The SMILES string of the molecule is CN(C)c1nccc(N2CCCC2Cn2cnc3ccccc32)n1. The van der Waals surface area contributed by atoms with Crippen molar-refractivity contribution in [2.24, 2.45) is 0 Å². The molecule has 1 aliphatic rings. The van der Waals surface area contributed by atoms with Crippen LogP contribution in [0.25, 0.3) is 11.0 Å². The van der Waals surface area contributed by atoms with Gasteiger partial charge in [-0.2, -0.15) is 4.98 Å². The van der Waals surface area contributed by atoms with E-state index in [0.717, 1.165) is 30.4 Å². The van der Waals surface area contributed by atoms with E-state index in [1.165, 1.54) is 18.4 Å². The molecular formula is C18H22N6. The van der Waals surface area contributed by atoms with Gasteiger partial charge in [-0.05, 0) is 31.0 Å². The lowest BCUT2D eigenvalue weighted by molar-refractivity contribution is 0.556. The molecule has 24 heavy (non-hydrogen) atoms. The number of aromatic nitrogens is 4. The van der Waals surface area contributed by atoms with Crippen LogP contribution in [0.5, 0.6) is 0 Å². The van der Waals surface area contributed by atoms with Crippen LogP contribution in [0, 0.1) is 0 Å². The van der Waals surface area contributed by atoms with Crippen molar-refractivity contribution in [3.63, 3.8) is 0 Å². The lowest BCUT2D eigenvalue weighted by atomic mass is 10.2. The van der Waals surface area contributed by atoms with Gasteiger partial charge < -0.3 is 14.4 Å². The van der Waals surface area contributed by atoms with E-state index in [1.54, 1.807) is 0 Å². The molecular weight excluding hydrogens is 300 g/mol. The molecule has 4 rings (SSSR count). The largest absolute Gasteiger partial charge is 0.352 e. The molecule has 3 heterocycles. The predicted molar refractivity (Wildman–Crippen MR) is 96.5 cm³/mol. The van der Waals surface area contributed by atoms with Crippen LogP contribution in [0.15, 0.2) is 42.9 Å². The maximum Gasteiger partial charge on any atom is 0.226 e. The van der Waals surface area contributed by atoms with Gasteiger partial charge in [0.2, 0.25) is 5.95 Å². The molecule has 2 aromatic heterocycles. The average Bonchev–Trinajstić information content (AvgIpc) is 3.23. The summed E-state index contributed by atoms with van der Waals surface area (Å²) in [4.78, 5) is 17.9. The minimum atomic E-state index is 0.438. The van der Waals surface area contributed by atoms with Gasteiger partial charge in [0.15, 0.2) is 0 Å². The van der Waals surface area contributed by atoms with Crippen LogP contribution in [-0.2, 0) is 6.54 Å². The van der Waals surface area contributed by atoms with Crippen molar-refractivity contribution >= 4 is 22.8 Å². The van der Waals surface area contributed by atoms with Crippen molar-refractivity contribution in [1.82, 2.24) is 19.5 Å². The summed E-state index contributed by atoms with van der Waals surface area (Å²) in [5.74, 6) is 1.77. The van der Waals surface area contributed by atoms with E-state index in [1.807, 2.05) is 43.7 Å². The van der Waals surface area contributed by atoms with E-state index in [4.69, 9.17) is 4.98 Å². The first-order valence-corrected chi connectivity index (χ1v) is 8.39. The number of rotatable bonds is 4. The summed E-state index contributed by atoms with van der Waals surface area (Å²) in [6, 6.07) is 10.7. The Bertz CT molecular complexity index is 840. The topological polar surface area (TPSA) is 50.1 Å². The third-order valence-electron chi connectivity index (χ3n) is 4.63. The summed E-state index contributed by atoms with van der Waals surface area (Å²) in [6.07, 6.45) is 6.17. The molecule has 0 spiro atoms. The van der Waals surface area contributed by atoms with E-state index >= 15 is 0 Å². The van der Waals surface area contributed by atoms with E-state index in [9.17, 15) is 0 Å². The number of para-hydroxylation sites is 2. The molecule has 1 saturated heterocycles. The first-order chi connectivity index (χ1) is 11.7. The average molecular weight is 322 g/mol. The number of fused-ring (bicyclic) bond motifs is 1. The van der Waals surface area contributed by atoms with Crippen molar-refractivity contribution in [1.29, 1.82) is 0 Å². The Hall–Kier alpha value is -2.63. The molecule has 0 saturated carbocycles. The van der Waals surface area contributed by atoms with Gasteiger partial charge in [0.25, 0.3) is 0 Å². The predicted octanol–water partition coefficient (Wildman–Crippen LogP) is 2.56. The van der Waals surface area contributed by atoms with Crippen molar-refractivity contribution in [3.05, 3.63) is 42.9 Å². The van der Waals surface area contributed by atoms with Crippen molar-refractivity contribution in [2.45, 2.75) is 25.4 Å². The molecule has 3 aromatic rings. The second-order valence-electron chi connectivity index (χ2n) is 6.48. The Labute approximate surface area is 141 Å². The van der Waals surface area contributed by atoms with Crippen molar-refractivity contribution in [3.8, 4) is 0 Å². The number of hydrogen-bond acceptors (Lipinski definition) is 5. The third kappa shape index (κ3) is 2.68. The van der Waals surface area contributed by atoms with Crippen LogP contribution in [-0.4, -0.2) is 46.2 Å². The summed E-state index contributed by atoms with van der Waals surface area (Å²) < 4.78 is 2.26. The fourth-order valence-electron chi connectivity index (χ4n) is 3.42.